The standard InChI is InChI=1S/C26H26N4O4S2/c1-2-18-7-11-20(12-8-18)28-24(31)17-35-26-29-23-6-4-3-5-22(23)25(32)30(26)16-15-19-9-13-21(14-10-19)36(27,33)34/h3-14H,2,15-17H2,1H3,(H,28,31)(H2,27,33,34). The van der Waals surface area contributed by atoms with E-state index in [1.807, 2.05) is 30.3 Å². The number of carbonyl (C=O) groups is 1. The van der Waals surface area contributed by atoms with Crippen LogP contribution in [0.15, 0.2) is 87.6 Å². The molecule has 0 aliphatic carbocycles. The second kappa shape index (κ2) is 11.1. The molecule has 0 saturated carbocycles. The first-order chi connectivity index (χ1) is 17.2. The van der Waals surface area contributed by atoms with Gasteiger partial charge in [-0.3, -0.25) is 14.2 Å². The molecule has 4 rings (SSSR count). The maximum absolute atomic E-state index is 13.3. The highest BCUT2D eigenvalue weighted by Gasteiger charge is 2.14. The Morgan fingerprint density at radius 1 is 1.00 bits per heavy atom. The molecule has 0 aliphatic rings. The minimum absolute atomic E-state index is 0.0300. The van der Waals surface area contributed by atoms with Gasteiger partial charge in [-0.15, -0.1) is 0 Å². The van der Waals surface area contributed by atoms with Gasteiger partial charge < -0.3 is 5.32 Å². The number of hydrogen-bond acceptors (Lipinski definition) is 6. The van der Waals surface area contributed by atoms with Crippen molar-refractivity contribution in [2.24, 2.45) is 5.14 Å². The van der Waals surface area contributed by atoms with E-state index in [9.17, 15) is 18.0 Å². The van der Waals surface area contributed by atoms with Crippen LogP contribution in [0.25, 0.3) is 10.9 Å². The van der Waals surface area contributed by atoms with E-state index < -0.39 is 10.0 Å². The van der Waals surface area contributed by atoms with E-state index in [2.05, 4.69) is 17.2 Å². The van der Waals surface area contributed by atoms with Crippen molar-refractivity contribution in [1.29, 1.82) is 0 Å². The molecule has 3 aromatic carbocycles. The average Bonchev–Trinajstić information content (AvgIpc) is 2.87. The first-order valence-electron chi connectivity index (χ1n) is 11.4. The fourth-order valence-electron chi connectivity index (χ4n) is 3.69. The molecule has 0 bridgehead atoms. The summed E-state index contributed by atoms with van der Waals surface area (Å²) in [5, 5.41) is 8.98. The minimum atomic E-state index is -3.77. The van der Waals surface area contributed by atoms with Crippen molar-refractivity contribution < 1.29 is 13.2 Å². The van der Waals surface area contributed by atoms with Crippen LogP contribution >= 0.6 is 11.8 Å². The Kier molecular flexibility index (Phi) is 7.88. The minimum Gasteiger partial charge on any atom is -0.325 e. The maximum Gasteiger partial charge on any atom is 0.262 e. The number of para-hydroxylation sites is 1. The molecule has 0 fully saturated rings. The zero-order chi connectivity index (χ0) is 25.7. The molecule has 1 heterocycles. The van der Waals surface area contributed by atoms with Crippen molar-refractivity contribution in [2.45, 2.75) is 36.4 Å². The summed E-state index contributed by atoms with van der Waals surface area (Å²) in [4.78, 5) is 30.5. The van der Waals surface area contributed by atoms with Crippen molar-refractivity contribution >= 4 is 44.3 Å². The Balaban J connectivity index is 1.53. The number of fused-ring (bicyclic) bond motifs is 1. The largest absolute Gasteiger partial charge is 0.325 e. The molecule has 0 atom stereocenters. The van der Waals surface area contributed by atoms with Crippen molar-refractivity contribution in [2.75, 3.05) is 11.1 Å². The summed E-state index contributed by atoms with van der Waals surface area (Å²) in [7, 11) is -3.77. The molecule has 36 heavy (non-hydrogen) atoms. The van der Waals surface area contributed by atoms with Crippen LogP contribution in [0, 0.1) is 0 Å². The summed E-state index contributed by atoms with van der Waals surface area (Å²) in [6.07, 6.45) is 1.39. The quantitative estimate of drug-likeness (QED) is 0.256. The van der Waals surface area contributed by atoms with Crippen LogP contribution in [0.3, 0.4) is 0 Å². The number of benzene rings is 3. The van der Waals surface area contributed by atoms with E-state index in [-0.39, 0.29) is 22.1 Å². The zero-order valence-electron chi connectivity index (χ0n) is 19.7. The van der Waals surface area contributed by atoms with Crippen molar-refractivity contribution in [3.8, 4) is 0 Å². The van der Waals surface area contributed by atoms with Crippen LogP contribution in [0.1, 0.15) is 18.1 Å². The summed E-state index contributed by atoms with van der Waals surface area (Å²) in [5.74, 6) is -0.111. The second-order valence-electron chi connectivity index (χ2n) is 8.19. The fraction of sp³-hybridized carbons (Fsp3) is 0.192. The zero-order valence-corrected chi connectivity index (χ0v) is 21.3. The Hall–Kier alpha value is -3.47. The third kappa shape index (κ3) is 6.20. The Morgan fingerprint density at radius 3 is 2.33 bits per heavy atom. The fourth-order valence-corrected chi connectivity index (χ4v) is 5.03. The molecule has 0 saturated heterocycles. The molecular weight excluding hydrogens is 496 g/mol. The predicted molar refractivity (Wildman–Crippen MR) is 143 cm³/mol. The number of anilines is 1. The van der Waals surface area contributed by atoms with Crippen molar-refractivity contribution in [1.82, 2.24) is 9.55 Å². The smallest absolute Gasteiger partial charge is 0.262 e. The molecule has 10 heteroatoms. The average molecular weight is 523 g/mol. The van der Waals surface area contributed by atoms with Crippen LogP contribution in [0.4, 0.5) is 5.69 Å². The Morgan fingerprint density at radius 2 is 1.67 bits per heavy atom. The Labute approximate surface area is 213 Å². The second-order valence-corrected chi connectivity index (χ2v) is 10.7. The molecule has 8 nitrogen and oxygen atoms in total. The van der Waals surface area contributed by atoms with Gasteiger partial charge in [0.15, 0.2) is 5.16 Å². The number of aromatic nitrogens is 2. The SMILES string of the molecule is CCc1ccc(NC(=O)CSc2nc3ccccc3c(=O)n2CCc2ccc(S(N)(=O)=O)cc2)cc1. The molecule has 0 spiro atoms. The van der Waals surface area contributed by atoms with Crippen LogP contribution in [-0.4, -0.2) is 29.6 Å². The third-order valence-electron chi connectivity index (χ3n) is 5.68. The summed E-state index contributed by atoms with van der Waals surface area (Å²) >= 11 is 1.20. The molecule has 0 aliphatic heterocycles. The van der Waals surface area contributed by atoms with Gasteiger partial charge in [-0.2, -0.15) is 0 Å². The number of nitrogens with zero attached hydrogens (tertiary/aromatic N) is 2. The molecule has 1 aromatic heterocycles. The van der Waals surface area contributed by atoms with Gasteiger partial charge in [0.25, 0.3) is 5.56 Å². The van der Waals surface area contributed by atoms with Gasteiger partial charge in [0.1, 0.15) is 0 Å². The van der Waals surface area contributed by atoms with Crippen LogP contribution < -0.4 is 16.0 Å². The number of sulfonamides is 1. The van der Waals surface area contributed by atoms with Gasteiger partial charge in [0.05, 0.1) is 21.6 Å². The molecule has 1 amide bonds. The predicted octanol–water partition coefficient (Wildman–Crippen LogP) is 3.58. The van der Waals surface area contributed by atoms with E-state index in [1.54, 1.807) is 34.9 Å². The summed E-state index contributed by atoms with van der Waals surface area (Å²) in [5.41, 5.74) is 3.11. The van der Waals surface area contributed by atoms with Gasteiger partial charge in [-0.25, -0.2) is 18.5 Å². The number of hydrogen-bond donors (Lipinski definition) is 2. The summed E-state index contributed by atoms with van der Waals surface area (Å²) in [6.45, 7) is 2.38. The molecule has 0 unspecified atom stereocenters. The lowest BCUT2D eigenvalue weighted by Crippen LogP contribution is -2.25. The van der Waals surface area contributed by atoms with Gasteiger partial charge >= 0.3 is 0 Å². The molecule has 3 N–H and O–H groups in total. The van der Waals surface area contributed by atoms with E-state index in [0.29, 0.717) is 34.7 Å². The number of rotatable bonds is 9. The van der Waals surface area contributed by atoms with E-state index >= 15 is 0 Å². The number of carbonyl (C=O) groups excluding carboxylic acids is 1. The van der Waals surface area contributed by atoms with Gasteiger partial charge in [0.2, 0.25) is 15.9 Å². The highest BCUT2D eigenvalue weighted by Crippen LogP contribution is 2.20. The lowest BCUT2D eigenvalue weighted by atomic mass is 10.1. The van der Waals surface area contributed by atoms with Crippen molar-refractivity contribution in [3.05, 3.63) is 94.3 Å². The first kappa shape index (κ1) is 25.6. The molecule has 4 aromatic rings. The summed E-state index contributed by atoms with van der Waals surface area (Å²) < 4.78 is 24.6. The van der Waals surface area contributed by atoms with Gasteiger partial charge in [0, 0.05) is 12.2 Å². The highest BCUT2D eigenvalue weighted by atomic mass is 32.2. The van der Waals surface area contributed by atoms with Crippen LogP contribution in [0.5, 0.6) is 0 Å². The monoisotopic (exact) mass is 522 g/mol. The lowest BCUT2D eigenvalue weighted by Gasteiger charge is -2.13. The number of aryl methyl sites for hydroxylation is 2. The van der Waals surface area contributed by atoms with E-state index in [4.69, 9.17) is 5.14 Å². The lowest BCUT2D eigenvalue weighted by molar-refractivity contribution is -0.113. The number of primary sulfonamides is 1. The number of nitrogens with two attached hydrogens (primary N) is 1. The Bertz CT molecular complexity index is 1550. The molecule has 186 valence electrons. The maximum atomic E-state index is 13.3. The molecule has 0 radical (unpaired) electrons. The van der Waals surface area contributed by atoms with Gasteiger partial charge in [-0.05, 0) is 60.4 Å². The van der Waals surface area contributed by atoms with Gasteiger partial charge in [-0.1, -0.05) is 55.1 Å². The normalized spacial score (nSPS) is 11.5. The molecular formula is C26H26N4O4S2. The van der Waals surface area contributed by atoms with Crippen LogP contribution in [-0.2, 0) is 34.2 Å². The first-order valence-corrected chi connectivity index (χ1v) is 13.9. The van der Waals surface area contributed by atoms with E-state index in [1.165, 1.54) is 29.5 Å². The third-order valence-corrected chi connectivity index (χ3v) is 7.59. The number of thioether (sulfide) groups is 1. The van der Waals surface area contributed by atoms with E-state index in [0.717, 1.165) is 12.0 Å². The number of nitrogens with one attached hydrogen (secondary N) is 1. The van der Waals surface area contributed by atoms with Crippen LogP contribution in [0.2, 0.25) is 0 Å². The highest BCUT2D eigenvalue weighted by molar-refractivity contribution is 7.99. The number of amides is 1. The van der Waals surface area contributed by atoms with Crippen molar-refractivity contribution in [3.63, 3.8) is 0 Å². The topological polar surface area (TPSA) is 124 Å². The summed E-state index contributed by atoms with van der Waals surface area (Å²) in [6, 6.07) is 21.0.